The molecule has 0 fully saturated rings. The summed E-state index contributed by atoms with van der Waals surface area (Å²) in [7, 11) is 0. The maximum Gasteiger partial charge on any atom is 0.123 e. The zero-order valence-electron chi connectivity index (χ0n) is 10.0. The Kier molecular flexibility index (Phi) is 3.92. The van der Waals surface area contributed by atoms with Gasteiger partial charge in [-0.25, -0.2) is 4.39 Å². The molecule has 0 saturated heterocycles. The zero-order valence-corrected chi connectivity index (χ0v) is 10.9. The standard InChI is InChI=1S/C14H16FNS/c1-10-7-8-17-14(10)9-16-11(2)12-3-5-13(15)6-4-12/h3-8,11,16H,9H2,1-2H3. The van der Waals surface area contributed by atoms with E-state index in [9.17, 15) is 4.39 Å². The van der Waals surface area contributed by atoms with Gasteiger partial charge in [-0.15, -0.1) is 11.3 Å². The van der Waals surface area contributed by atoms with Crippen molar-refractivity contribution < 1.29 is 4.39 Å². The third kappa shape index (κ3) is 3.14. The number of thiophene rings is 1. The lowest BCUT2D eigenvalue weighted by molar-refractivity contribution is 0.574. The topological polar surface area (TPSA) is 12.0 Å². The van der Waals surface area contributed by atoms with E-state index in [1.54, 1.807) is 11.3 Å². The van der Waals surface area contributed by atoms with Gasteiger partial charge in [0.25, 0.3) is 0 Å². The molecular formula is C14H16FNS. The third-order valence-corrected chi connectivity index (χ3v) is 3.93. The Morgan fingerprint density at radius 3 is 2.53 bits per heavy atom. The molecule has 17 heavy (non-hydrogen) atoms. The number of nitrogens with one attached hydrogen (secondary N) is 1. The summed E-state index contributed by atoms with van der Waals surface area (Å²) in [5.74, 6) is -0.185. The molecule has 2 aromatic rings. The maximum atomic E-state index is 12.8. The number of halogens is 1. The van der Waals surface area contributed by atoms with E-state index in [1.807, 2.05) is 12.1 Å². The second-order valence-corrected chi connectivity index (χ2v) is 5.18. The molecule has 1 nitrogen and oxygen atoms in total. The van der Waals surface area contributed by atoms with Gasteiger partial charge in [0.15, 0.2) is 0 Å². The first-order valence-corrected chi connectivity index (χ1v) is 6.56. The Labute approximate surface area is 105 Å². The molecule has 0 aliphatic heterocycles. The molecule has 90 valence electrons. The minimum atomic E-state index is -0.185. The van der Waals surface area contributed by atoms with Gasteiger partial charge < -0.3 is 5.32 Å². The molecule has 0 aliphatic rings. The summed E-state index contributed by atoms with van der Waals surface area (Å²) in [6, 6.07) is 9.03. The first-order valence-electron chi connectivity index (χ1n) is 5.68. The van der Waals surface area contributed by atoms with Crippen molar-refractivity contribution in [2.75, 3.05) is 0 Å². The van der Waals surface area contributed by atoms with Crippen molar-refractivity contribution in [3.8, 4) is 0 Å². The summed E-state index contributed by atoms with van der Waals surface area (Å²) < 4.78 is 12.8. The van der Waals surface area contributed by atoms with E-state index in [4.69, 9.17) is 0 Å². The van der Waals surface area contributed by atoms with Crippen molar-refractivity contribution in [3.63, 3.8) is 0 Å². The fourth-order valence-electron chi connectivity index (χ4n) is 1.70. The SMILES string of the molecule is Cc1ccsc1CNC(C)c1ccc(F)cc1. The van der Waals surface area contributed by atoms with Gasteiger partial charge in [-0.05, 0) is 48.6 Å². The van der Waals surface area contributed by atoms with E-state index >= 15 is 0 Å². The van der Waals surface area contributed by atoms with Gasteiger partial charge in [-0.1, -0.05) is 12.1 Å². The lowest BCUT2D eigenvalue weighted by Gasteiger charge is -2.14. The van der Waals surface area contributed by atoms with E-state index in [2.05, 4.69) is 30.6 Å². The van der Waals surface area contributed by atoms with Crippen LogP contribution in [0.5, 0.6) is 0 Å². The first kappa shape index (κ1) is 12.3. The quantitative estimate of drug-likeness (QED) is 0.862. The minimum absolute atomic E-state index is 0.185. The van der Waals surface area contributed by atoms with Crippen molar-refractivity contribution in [2.45, 2.75) is 26.4 Å². The average Bonchev–Trinajstić information content (AvgIpc) is 2.73. The molecule has 1 aromatic carbocycles. The monoisotopic (exact) mass is 249 g/mol. The van der Waals surface area contributed by atoms with Crippen LogP contribution in [0, 0.1) is 12.7 Å². The lowest BCUT2D eigenvalue weighted by Crippen LogP contribution is -2.17. The molecule has 1 heterocycles. The van der Waals surface area contributed by atoms with Crippen LogP contribution in [0.2, 0.25) is 0 Å². The van der Waals surface area contributed by atoms with Crippen LogP contribution in [0.4, 0.5) is 4.39 Å². The highest BCUT2D eigenvalue weighted by Crippen LogP contribution is 2.18. The normalized spacial score (nSPS) is 12.6. The van der Waals surface area contributed by atoms with Crippen LogP contribution in [0.25, 0.3) is 0 Å². The summed E-state index contributed by atoms with van der Waals surface area (Å²) >= 11 is 1.77. The van der Waals surface area contributed by atoms with Crippen LogP contribution in [0.3, 0.4) is 0 Å². The molecule has 0 saturated carbocycles. The van der Waals surface area contributed by atoms with Gasteiger partial charge >= 0.3 is 0 Å². The molecule has 1 atom stereocenters. The Bertz CT molecular complexity index is 475. The lowest BCUT2D eigenvalue weighted by atomic mass is 10.1. The number of hydrogen-bond acceptors (Lipinski definition) is 2. The maximum absolute atomic E-state index is 12.8. The minimum Gasteiger partial charge on any atom is -0.305 e. The Morgan fingerprint density at radius 2 is 1.94 bits per heavy atom. The number of aryl methyl sites for hydroxylation is 1. The highest BCUT2D eigenvalue weighted by atomic mass is 32.1. The summed E-state index contributed by atoms with van der Waals surface area (Å²) in [6.07, 6.45) is 0. The number of hydrogen-bond donors (Lipinski definition) is 1. The largest absolute Gasteiger partial charge is 0.305 e. The third-order valence-electron chi connectivity index (χ3n) is 2.91. The van der Waals surface area contributed by atoms with E-state index in [0.717, 1.165) is 12.1 Å². The van der Waals surface area contributed by atoms with E-state index in [0.29, 0.717) is 0 Å². The number of benzene rings is 1. The summed E-state index contributed by atoms with van der Waals surface area (Å²) in [4.78, 5) is 1.36. The summed E-state index contributed by atoms with van der Waals surface area (Å²) in [5, 5.41) is 5.56. The van der Waals surface area contributed by atoms with Crippen LogP contribution in [-0.4, -0.2) is 0 Å². The van der Waals surface area contributed by atoms with E-state index in [1.165, 1.54) is 22.6 Å². The van der Waals surface area contributed by atoms with Crippen LogP contribution in [-0.2, 0) is 6.54 Å². The van der Waals surface area contributed by atoms with E-state index < -0.39 is 0 Å². The highest BCUT2D eigenvalue weighted by Gasteiger charge is 2.06. The molecule has 2 rings (SSSR count). The van der Waals surface area contributed by atoms with Crippen LogP contribution in [0.15, 0.2) is 35.7 Å². The molecule has 0 radical (unpaired) electrons. The van der Waals surface area contributed by atoms with Gasteiger partial charge in [0.2, 0.25) is 0 Å². The van der Waals surface area contributed by atoms with Crippen molar-refractivity contribution >= 4 is 11.3 Å². The van der Waals surface area contributed by atoms with Gasteiger partial charge in [-0.3, -0.25) is 0 Å². The van der Waals surface area contributed by atoms with Gasteiger partial charge in [0.1, 0.15) is 5.82 Å². The molecule has 0 amide bonds. The molecule has 3 heteroatoms. The Hall–Kier alpha value is -1.19. The van der Waals surface area contributed by atoms with Crippen molar-refractivity contribution in [1.29, 1.82) is 0 Å². The number of rotatable bonds is 4. The average molecular weight is 249 g/mol. The Morgan fingerprint density at radius 1 is 1.24 bits per heavy atom. The molecule has 1 aromatic heterocycles. The van der Waals surface area contributed by atoms with E-state index in [-0.39, 0.29) is 11.9 Å². The molecule has 1 N–H and O–H groups in total. The van der Waals surface area contributed by atoms with Gasteiger partial charge in [0, 0.05) is 17.5 Å². The fourth-order valence-corrected chi connectivity index (χ4v) is 2.56. The second kappa shape index (κ2) is 5.43. The predicted octanol–water partition coefficient (Wildman–Crippen LogP) is 4.05. The summed E-state index contributed by atoms with van der Waals surface area (Å²) in [6.45, 7) is 5.08. The molecule has 0 aliphatic carbocycles. The molecular weight excluding hydrogens is 233 g/mol. The smallest absolute Gasteiger partial charge is 0.123 e. The molecule has 1 unspecified atom stereocenters. The van der Waals surface area contributed by atoms with Crippen molar-refractivity contribution in [1.82, 2.24) is 5.32 Å². The van der Waals surface area contributed by atoms with Gasteiger partial charge in [-0.2, -0.15) is 0 Å². The molecule has 0 spiro atoms. The summed E-state index contributed by atoms with van der Waals surface area (Å²) in [5.41, 5.74) is 2.44. The van der Waals surface area contributed by atoms with Crippen molar-refractivity contribution in [3.05, 3.63) is 57.5 Å². The van der Waals surface area contributed by atoms with Crippen LogP contribution in [0.1, 0.15) is 29.0 Å². The van der Waals surface area contributed by atoms with Crippen molar-refractivity contribution in [2.24, 2.45) is 0 Å². The highest BCUT2D eigenvalue weighted by molar-refractivity contribution is 7.10. The van der Waals surface area contributed by atoms with Crippen LogP contribution >= 0.6 is 11.3 Å². The fraction of sp³-hybridized carbons (Fsp3) is 0.286. The second-order valence-electron chi connectivity index (χ2n) is 4.18. The first-order chi connectivity index (χ1) is 8.16. The van der Waals surface area contributed by atoms with Gasteiger partial charge in [0.05, 0.1) is 0 Å². The molecule has 0 bridgehead atoms. The predicted molar refractivity (Wildman–Crippen MR) is 70.7 cm³/mol. The zero-order chi connectivity index (χ0) is 12.3. The van der Waals surface area contributed by atoms with Crippen LogP contribution < -0.4 is 5.32 Å². The Balaban J connectivity index is 1.95.